The molecule has 0 unspecified atom stereocenters. The molecule has 0 radical (unpaired) electrons. The van der Waals surface area contributed by atoms with E-state index in [1.54, 1.807) is 25.1 Å². The molecule has 2 N–H and O–H groups in total. The van der Waals surface area contributed by atoms with E-state index in [9.17, 15) is 18.7 Å². The van der Waals surface area contributed by atoms with E-state index in [-0.39, 0.29) is 17.1 Å². The Hall–Kier alpha value is -2.41. The zero-order chi connectivity index (χ0) is 17.5. The summed E-state index contributed by atoms with van der Waals surface area (Å²) in [6.45, 7) is 1.77. The van der Waals surface area contributed by atoms with E-state index >= 15 is 0 Å². The van der Waals surface area contributed by atoms with Crippen molar-refractivity contribution in [3.05, 3.63) is 59.7 Å². The van der Waals surface area contributed by atoms with Crippen LogP contribution in [0, 0.1) is 11.6 Å². The van der Waals surface area contributed by atoms with Gasteiger partial charge in [0, 0.05) is 10.5 Å². The lowest BCUT2D eigenvalue weighted by Crippen LogP contribution is -2.21. The van der Waals surface area contributed by atoms with E-state index < -0.39 is 17.5 Å². The number of phenolic OH excluding ortho intramolecular Hbond substituents is 1. The number of rotatable bonds is 6. The maximum atomic E-state index is 13.5. The van der Waals surface area contributed by atoms with Crippen molar-refractivity contribution >= 4 is 23.4 Å². The monoisotopic (exact) mass is 350 g/mol. The van der Waals surface area contributed by atoms with Crippen LogP contribution < -0.4 is 5.43 Å². The first-order valence-electron chi connectivity index (χ1n) is 7.23. The van der Waals surface area contributed by atoms with Gasteiger partial charge < -0.3 is 5.11 Å². The van der Waals surface area contributed by atoms with Gasteiger partial charge >= 0.3 is 0 Å². The second-order valence-corrected chi connectivity index (χ2v) is 5.84. The topological polar surface area (TPSA) is 61.7 Å². The Morgan fingerprint density at radius 1 is 1.25 bits per heavy atom. The Morgan fingerprint density at radius 2 is 2.00 bits per heavy atom. The largest absolute Gasteiger partial charge is 0.507 e. The van der Waals surface area contributed by atoms with Crippen molar-refractivity contribution in [2.24, 2.45) is 5.10 Å². The van der Waals surface area contributed by atoms with Crippen LogP contribution in [0.1, 0.15) is 18.9 Å². The van der Waals surface area contributed by atoms with E-state index in [4.69, 9.17) is 0 Å². The lowest BCUT2D eigenvalue weighted by atomic mass is 10.1. The SMILES string of the molecule is CC/C(=N\NC(=O)CSc1ccccc1F)c1cc(F)ccc1O. The minimum absolute atomic E-state index is 0.0173. The van der Waals surface area contributed by atoms with Gasteiger partial charge in [-0.05, 0) is 36.8 Å². The average Bonchev–Trinajstić information content (AvgIpc) is 2.57. The quantitative estimate of drug-likeness (QED) is 0.474. The van der Waals surface area contributed by atoms with Gasteiger partial charge in [0.15, 0.2) is 0 Å². The standard InChI is InChI=1S/C17H16F2N2O2S/c1-2-14(12-9-11(18)7-8-15(12)22)20-21-17(23)10-24-16-6-4-3-5-13(16)19/h3-9,22H,2,10H2,1H3,(H,21,23)/b20-14+. The second kappa shape index (κ2) is 8.44. The van der Waals surface area contributed by atoms with E-state index in [0.29, 0.717) is 17.0 Å². The zero-order valence-electron chi connectivity index (χ0n) is 12.9. The third-order valence-electron chi connectivity index (χ3n) is 3.12. The highest BCUT2D eigenvalue weighted by Gasteiger charge is 2.10. The second-order valence-electron chi connectivity index (χ2n) is 4.83. The number of hydrazone groups is 1. The number of phenols is 1. The van der Waals surface area contributed by atoms with Gasteiger partial charge in [-0.2, -0.15) is 5.10 Å². The number of hydrogen-bond donors (Lipinski definition) is 2. The predicted octanol–water partition coefficient (Wildman–Crippen LogP) is 3.69. The van der Waals surface area contributed by atoms with Crippen molar-refractivity contribution in [3.63, 3.8) is 0 Å². The Balaban J connectivity index is 2.01. The highest BCUT2D eigenvalue weighted by atomic mass is 32.2. The molecule has 7 heteroatoms. The molecule has 126 valence electrons. The molecule has 0 aliphatic carbocycles. The summed E-state index contributed by atoms with van der Waals surface area (Å²) in [6, 6.07) is 9.67. The van der Waals surface area contributed by atoms with Crippen molar-refractivity contribution in [2.75, 3.05) is 5.75 Å². The smallest absolute Gasteiger partial charge is 0.250 e. The molecule has 0 aliphatic heterocycles. The average molecular weight is 350 g/mol. The molecule has 0 bridgehead atoms. The van der Waals surface area contributed by atoms with E-state index in [2.05, 4.69) is 10.5 Å². The highest BCUT2D eigenvalue weighted by molar-refractivity contribution is 8.00. The van der Waals surface area contributed by atoms with Crippen LogP contribution in [0.4, 0.5) is 8.78 Å². The van der Waals surface area contributed by atoms with Crippen LogP contribution in [0.5, 0.6) is 5.75 Å². The number of hydrogen-bond acceptors (Lipinski definition) is 4. The number of nitrogens with one attached hydrogen (secondary N) is 1. The van der Waals surface area contributed by atoms with Crippen LogP contribution in [0.25, 0.3) is 0 Å². The molecule has 4 nitrogen and oxygen atoms in total. The first-order valence-corrected chi connectivity index (χ1v) is 8.21. The molecule has 0 aliphatic rings. The van der Waals surface area contributed by atoms with Gasteiger partial charge in [-0.1, -0.05) is 19.1 Å². The number of nitrogens with zero attached hydrogens (tertiary/aromatic N) is 1. The van der Waals surface area contributed by atoms with Crippen LogP contribution in [0.3, 0.4) is 0 Å². The number of carbonyl (C=O) groups excluding carboxylic acids is 1. The fourth-order valence-corrected chi connectivity index (χ4v) is 2.67. The van der Waals surface area contributed by atoms with Crippen LogP contribution in [-0.2, 0) is 4.79 Å². The van der Waals surface area contributed by atoms with Crippen molar-refractivity contribution in [1.29, 1.82) is 0 Å². The lowest BCUT2D eigenvalue weighted by molar-refractivity contribution is -0.118. The van der Waals surface area contributed by atoms with Crippen LogP contribution in [-0.4, -0.2) is 22.5 Å². The molecule has 2 aromatic carbocycles. The molecule has 0 fully saturated rings. The van der Waals surface area contributed by atoms with E-state index in [1.807, 2.05) is 0 Å². The molecule has 0 saturated carbocycles. The summed E-state index contributed by atoms with van der Waals surface area (Å²) in [6.07, 6.45) is 0.387. The molecule has 0 spiro atoms. The first-order chi connectivity index (χ1) is 11.5. The van der Waals surface area contributed by atoms with Crippen LogP contribution in [0.2, 0.25) is 0 Å². The Kier molecular flexibility index (Phi) is 6.31. The summed E-state index contributed by atoms with van der Waals surface area (Å²) in [4.78, 5) is 12.2. The van der Waals surface area contributed by atoms with Crippen molar-refractivity contribution in [3.8, 4) is 5.75 Å². The maximum absolute atomic E-state index is 13.5. The molecule has 0 aromatic heterocycles. The van der Waals surface area contributed by atoms with E-state index in [1.165, 1.54) is 12.1 Å². The number of benzene rings is 2. The lowest BCUT2D eigenvalue weighted by Gasteiger charge is -2.08. The van der Waals surface area contributed by atoms with Crippen molar-refractivity contribution in [1.82, 2.24) is 5.43 Å². The minimum atomic E-state index is -0.509. The van der Waals surface area contributed by atoms with Gasteiger partial charge in [-0.3, -0.25) is 4.79 Å². The third-order valence-corrected chi connectivity index (χ3v) is 4.16. The number of aromatic hydroxyl groups is 1. The van der Waals surface area contributed by atoms with Crippen LogP contribution >= 0.6 is 11.8 Å². The normalized spacial score (nSPS) is 11.4. The predicted molar refractivity (Wildman–Crippen MR) is 90.2 cm³/mol. The summed E-state index contributed by atoms with van der Waals surface area (Å²) in [7, 11) is 0. The molecule has 2 aromatic rings. The first kappa shape index (κ1) is 17.9. The summed E-state index contributed by atoms with van der Waals surface area (Å²) >= 11 is 1.05. The molecule has 2 rings (SSSR count). The summed E-state index contributed by atoms with van der Waals surface area (Å²) < 4.78 is 26.8. The van der Waals surface area contributed by atoms with Crippen molar-refractivity contribution < 1.29 is 18.7 Å². The molecule has 24 heavy (non-hydrogen) atoms. The Labute approximate surface area is 142 Å². The highest BCUT2D eigenvalue weighted by Crippen LogP contribution is 2.21. The third kappa shape index (κ3) is 4.79. The summed E-state index contributed by atoms with van der Waals surface area (Å²) in [5.41, 5.74) is 2.91. The van der Waals surface area contributed by atoms with Gasteiger partial charge in [-0.15, -0.1) is 11.8 Å². The molecular formula is C17H16F2N2O2S. The summed E-state index contributed by atoms with van der Waals surface area (Å²) in [5, 5.41) is 13.7. The number of halogens is 2. The molecule has 0 heterocycles. The van der Waals surface area contributed by atoms with Gasteiger partial charge in [0.05, 0.1) is 11.5 Å². The maximum Gasteiger partial charge on any atom is 0.250 e. The van der Waals surface area contributed by atoms with Crippen LogP contribution in [0.15, 0.2) is 52.5 Å². The van der Waals surface area contributed by atoms with Gasteiger partial charge in [0.1, 0.15) is 17.4 Å². The summed E-state index contributed by atoms with van der Waals surface area (Å²) in [5.74, 6) is -1.46. The molecule has 1 amide bonds. The zero-order valence-corrected chi connectivity index (χ0v) is 13.7. The Bertz CT molecular complexity index is 766. The fourth-order valence-electron chi connectivity index (χ4n) is 1.94. The van der Waals surface area contributed by atoms with Crippen molar-refractivity contribution in [2.45, 2.75) is 18.2 Å². The van der Waals surface area contributed by atoms with Gasteiger partial charge in [0.2, 0.25) is 5.91 Å². The fraction of sp³-hybridized carbons (Fsp3) is 0.176. The minimum Gasteiger partial charge on any atom is -0.507 e. The Morgan fingerprint density at radius 3 is 2.71 bits per heavy atom. The van der Waals surface area contributed by atoms with E-state index in [0.717, 1.165) is 23.9 Å². The number of amides is 1. The molecule has 0 saturated heterocycles. The molecular weight excluding hydrogens is 334 g/mol. The molecule has 0 atom stereocenters. The van der Waals surface area contributed by atoms with Gasteiger partial charge in [-0.25, -0.2) is 14.2 Å². The van der Waals surface area contributed by atoms with Gasteiger partial charge in [0.25, 0.3) is 0 Å². The number of thioether (sulfide) groups is 1. The number of carbonyl (C=O) groups is 1.